The van der Waals surface area contributed by atoms with Crippen molar-refractivity contribution in [3.8, 4) is 0 Å². The van der Waals surface area contributed by atoms with Crippen LogP contribution >= 0.6 is 0 Å². The summed E-state index contributed by atoms with van der Waals surface area (Å²) in [5, 5.41) is 0. The molecule has 0 amide bonds. The summed E-state index contributed by atoms with van der Waals surface area (Å²) in [6.07, 6.45) is 9.76. The van der Waals surface area contributed by atoms with Gasteiger partial charge in [-0.05, 0) is 32.5 Å². The Hall–Kier alpha value is -0.720. The molecule has 0 saturated carbocycles. The molecule has 0 atom stereocenters. The van der Waals surface area contributed by atoms with Crippen LogP contribution in [0.1, 0.15) is 20.3 Å². The van der Waals surface area contributed by atoms with Crippen LogP contribution in [0.25, 0.3) is 0 Å². The Morgan fingerprint density at radius 1 is 1.30 bits per heavy atom. The summed E-state index contributed by atoms with van der Waals surface area (Å²) in [7, 11) is 0. The molecule has 0 spiro atoms. The van der Waals surface area contributed by atoms with E-state index < -0.39 is 0 Å². The van der Waals surface area contributed by atoms with Crippen LogP contribution in [0.5, 0.6) is 0 Å². The zero-order valence-electron chi connectivity index (χ0n) is 6.75. The van der Waals surface area contributed by atoms with Crippen molar-refractivity contribution in [3.63, 3.8) is 0 Å². The average Bonchev–Trinajstić information content (AvgIpc) is 2.12. The predicted molar refractivity (Wildman–Crippen MR) is 44.7 cm³/mol. The van der Waals surface area contributed by atoms with Crippen molar-refractivity contribution in [1.82, 2.24) is 4.90 Å². The van der Waals surface area contributed by atoms with Crippen molar-refractivity contribution in [2.45, 2.75) is 26.3 Å². The van der Waals surface area contributed by atoms with Crippen LogP contribution < -0.4 is 0 Å². The van der Waals surface area contributed by atoms with E-state index in [1.807, 2.05) is 0 Å². The molecule has 1 nitrogen and oxygen atoms in total. The molecule has 10 heavy (non-hydrogen) atoms. The zero-order valence-corrected chi connectivity index (χ0v) is 6.75. The monoisotopic (exact) mass is 137 g/mol. The number of rotatable bonds is 1. The summed E-state index contributed by atoms with van der Waals surface area (Å²) in [5.41, 5.74) is 0. The van der Waals surface area contributed by atoms with Gasteiger partial charge in [-0.25, -0.2) is 0 Å². The van der Waals surface area contributed by atoms with E-state index in [4.69, 9.17) is 0 Å². The van der Waals surface area contributed by atoms with Crippen molar-refractivity contribution >= 4 is 0 Å². The highest BCUT2D eigenvalue weighted by atomic mass is 15.1. The van der Waals surface area contributed by atoms with Gasteiger partial charge in [-0.1, -0.05) is 12.2 Å². The number of hydrogen-bond donors (Lipinski definition) is 0. The maximum absolute atomic E-state index is 2.35. The minimum Gasteiger partial charge on any atom is -0.375 e. The highest BCUT2D eigenvalue weighted by molar-refractivity contribution is 5.05. The van der Waals surface area contributed by atoms with E-state index in [1.165, 1.54) is 6.42 Å². The molecule has 1 heteroatoms. The van der Waals surface area contributed by atoms with Crippen molar-refractivity contribution in [2.24, 2.45) is 0 Å². The fourth-order valence-corrected chi connectivity index (χ4v) is 1.06. The van der Waals surface area contributed by atoms with Gasteiger partial charge in [0.05, 0.1) is 0 Å². The first-order chi connectivity index (χ1) is 4.80. The molecule has 1 aliphatic heterocycles. The zero-order chi connectivity index (χ0) is 7.40. The Morgan fingerprint density at radius 3 is 2.80 bits per heavy atom. The van der Waals surface area contributed by atoms with Gasteiger partial charge in [0, 0.05) is 12.6 Å². The fraction of sp³-hybridized carbons (Fsp3) is 0.556. The Bertz CT molecular complexity index is 145. The molecule has 1 aliphatic rings. The lowest BCUT2D eigenvalue weighted by molar-refractivity contribution is 0.318. The lowest BCUT2D eigenvalue weighted by atomic mass is 10.3. The Morgan fingerprint density at radius 2 is 2.10 bits per heavy atom. The maximum Gasteiger partial charge on any atom is 0.0227 e. The molecule has 0 aromatic carbocycles. The summed E-state index contributed by atoms with van der Waals surface area (Å²) < 4.78 is 0. The first kappa shape index (κ1) is 7.39. The average molecular weight is 137 g/mol. The summed E-state index contributed by atoms with van der Waals surface area (Å²) in [6.45, 7) is 5.59. The van der Waals surface area contributed by atoms with Gasteiger partial charge in [0.2, 0.25) is 0 Å². The van der Waals surface area contributed by atoms with Crippen molar-refractivity contribution in [1.29, 1.82) is 0 Å². The minimum absolute atomic E-state index is 0.635. The van der Waals surface area contributed by atoms with Crippen molar-refractivity contribution in [3.05, 3.63) is 24.4 Å². The van der Waals surface area contributed by atoms with E-state index in [0.29, 0.717) is 6.04 Å². The van der Waals surface area contributed by atoms with Gasteiger partial charge in [0.15, 0.2) is 0 Å². The van der Waals surface area contributed by atoms with E-state index in [0.717, 1.165) is 6.54 Å². The third-order valence-electron chi connectivity index (χ3n) is 1.74. The molecule has 0 saturated heterocycles. The van der Waals surface area contributed by atoms with E-state index >= 15 is 0 Å². The normalized spacial score (nSPS) is 18.1. The van der Waals surface area contributed by atoms with Gasteiger partial charge in [-0.15, -0.1) is 0 Å². The second-order valence-electron chi connectivity index (χ2n) is 2.89. The number of nitrogens with zero attached hydrogens (tertiary/aromatic N) is 1. The van der Waals surface area contributed by atoms with Crippen LogP contribution in [-0.2, 0) is 0 Å². The summed E-state index contributed by atoms with van der Waals surface area (Å²) >= 11 is 0. The summed E-state index contributed by atoms with van der Waals surface area (Å²) in [5.74, 6) is 0. The van der Waals surface area contributed by atoms with Gasteiger partial charge in [0.1, 0.15) is 0 Å². The van der Waals surface area contributed by atoms with Gasteiger partial charge >= 0.3 is 0 Å². The van der Waals surface area contributed by atoms with E-state index in [-0.39, 0.29) is 0 Å². The summed E-state index contributed by atoms with van der Waals surface area (Å²) in [6, 6.07) is 0.635. The highest BCUT2D eigenvalue weighted by Crippen LogP contribution is 2.04. The molecule has 1 heterocycles. The molecule has 0 fully saturated rings. The molecule has 0 aromatic rings. The second kappa shape index (κ2) is 3.45. The SMILES string of the molecule is CC(C)N1C=CC=CCC1. The van der Waals surface area contributed by atoms with Gasteiger partial charge in [-0.2, -0.15) is 0 Å². The van der Waals surface area contributed by atoms with E-state index in [1.54, 1.807) is 0 Å². The standard InChI is InChI=1S/C9H15N/c1-9(2)10-7-5-3-4-6-8-10/h3-5,7,9H,6,8H2,1-2H3. The lowest BCUT2D eigenvalue weighted by Gasteiger charge is -2.22. The third-order valence-corrected chi connectivity index (χ3v) is 1.74. The molecular formula is C9H15N. The summed E-state index contributed by atoms with van der Waals surface area (Å²) in [4.78, 5) is 2.35. The quantitative estimate of drug-likeness (QED) is 0.535. The van der Waals surface area contributed by atoms with Gasteiger partial charge in [-0.3, -0.25) is 0 Å². The Labute approximate surface area is 63.0 Å². The number of hydrogen-bond acceptors (Lipinski definition) is 1. The third kappa shape index (κ3) is 1.90. The largest absolute Gasteiger partial charge is 0.375 e. The minimum atomic E-state index is 0.635. The fourth-order valence-electron chi connectivity index (χ4n) is 1.06. The first-order valence-electron chi connectivity index (χ1n) is 3.90. The van der Waals surface area contributed by atoms with Crippen LogP contribution in [0, 0.1) is 0 Å². The first-order valence-corrected chi connectivity index (χ1v) is 3.90. The van der Waals surface area contributed by atoms with E-state index in [2.05, 4.69) is 43.2 Å². The van der Waals surface area contributed by atoms with Gasteiger partial charge < -0.3 is 4.90 Å². The molecule has 0 unspecified atom stereocenters. The lowest BCUT2D eigenvalue weighted by Crippen LogP contribution is -2.25. The van der Waals surface area contributed by atoms with Crippen molar-refractivity contribution in [2.75, 3.05) is 6.54 Å². The maximum atomic E-state index is 2.35. The highest BCUT2D eigenvalue weighted by Gasteiger charge is 2.02. The molecule has 0 N–H and O–H groups in total. The van der Waals surface area contributed by atoms with Crippen LogP contribution in [0.15, 0.2) is 24.4 Å². The Kier molecular flexibility index (Phi) is 2.55. The molecule has 0 radical (unpaired) electrons. The molecule has 0 bridgehead atoms. The second-order valence-corrected chi connectivity index (χ2v) is 2.89. The predicted octanol–water partition coefficient (Wildman–Crippen LogP) is 2.17. The Balaban J connectivity index is 2.48. The smallest absolute Gasteiger partial charge is 0.0227 e. The molecule has 0 aromatic heterocycles. The van der Waals surface area contributed by atoms with E-state index in [9.17, 15) is 0 Å². The molecule has 56 valence electrons. The molecular weight excluding hydrogens is 122 g/mol. The topological polar surface area (TPSA) is 3.24 Å². The van der Waals surface area contributed by atoms with Crippen LogP contribution in [0.4, 0.5) is 0 Å². The molecule has 1 rings (SSSR count). The number of allylic oxidation sites excluding steroid dienone is 2. The van der Waals surface area contributed by atoms with Crippen LogP contribution in [0.2, 0.25) is 0 Å². The molecule has 0 aliphatic carbocycles. The van der Waals surface area contributed by atoms with Crippen LogP contribution in [0.3, 0.4) is 0 Å². The van der Waals surface area contributed by atoms with Gasteiger partial charge in [0.25, 0.3) is 0 Å². The van der Waals surface area contributed by atoms with Crippen LogP contribution in [-0.4, -0.2) is 17.5 Å². The van der Waals surface area contributed by atoms with Crippen molar-refractivity contribution < 1.29 is 0 Å².